The molecule has 0 aromatic rings. The molecule has 0 aliphatic rings. The lowest BCUT2D eigenvalue weighted by molar-refractivity contribution is -0.131. The Hall–Kier alpha value is -0.790. The predicted molar refractivity (Wildman–Crippen MR) is 63.2 cm³/mol. The second-order valence-corrected chi connectivity index (χ2v) is 3.14. The molecule has 84 valence electrons. The fourth-order valence-electron chi connectivity index (χ4n) is 1.28. The summed E-state index contributed by atoms with van der Waals surface area (Å²) in [6.07, 6.45) is 1.89. The van der Waals surface area contributed by atoms with Gasteiger partial charge in [0.05, 0.1) is 0 Å². The van der Waals surface area contributed by atoms with Gasteiger partial charge in [0, 0.05) is 19.5 Å². The van der Waals surface area contributed by atoms with Crippen LogP contribution in [0.3, 0.4) is 0 Å². The van der Waals surface area contributed by atoms with Gasteiger partial charge in [-0.3, -0.25) is 4.79 Å². The lowest BCUT2D eigenvalue weighted by atomic mass is 10.0. The predicted octanol–water partition coefficient (Wildman–Crippen LogP) is 3.09. The van der Waals surface area contributed by atoms with Crippen LogP contribution in [0.4, 0.5) is 0 Å². The summed E-state index contributed by atoms with van der Waals surface area (Å²) in [5.74, 6) is 0.493. The topological polar surface area (TPSA) is 20.3 Å². The smallest absolute Gasteiger partial charge is 0.219 e. The van der Waals surface area contributed by atoms with Crippen molar-refractivity contribution in [3.8, 4) is 0 Å². The Labute approximate surface area is 89.0 Å². The van der Waals surface area contributed by atoms with Gasteiger partial charge in [0.1, 0.15) is 0 Å². The first-order valence-electron chi connectivity index (χ1n) is 5.44. The van der Waals surface area contributed by atoms with Gasteiger partial charge in [0.15, 0.2) is 0 Å². The number of hydrogen-bond acceptors (Lipinski definition) is 1. The minimum absolute atomic E-state index is 0.138. The summed E-state index contributed by atoms with van der Waals surface area (Å²) in [4.78, 5) is 13.0. The van der Waals surface area contributed by atoms with Crippen LogP contribution in [0.15, 0.2) is 12.7 Å². The second kappa shape index (κ2) is 8.79. The van der Waals surface area contributed by atoms with Crippen molar-refractivity contribution in [2.45, 2.75) is 47.6 Å². The summed E-state index contributed by atoms with van der Waals surface area (Å²) >= 11 is 0. The van der Waals surface area contributed by atoms with Gasteiger partial charge >= 0.3 is 0 Å². The molecule has 2 nitrogen and oxygen atoms in total. The average Bonchev–Trinajstić information content (AvgIpc) is 2.20. The van der Waals surface area contributed by atoms with Gasteiger partial charge in [0.2, 0.25) is 5.91 Å². The molecule has 2 atom stereocenters. The van der Waals surface area contributed by atoms with Crippen LogP contribution in [0.1, 0.15) is 41.5 Å². The number of rotatable bonds is 4. The highest BCUT2D eigenvalue weighted by atomic mass is 16.2. The van der Waals surface area contributed by atoms with Crippen molar-refractivity contribution in [2.75, 3.05) is 6.54 Å². The molecule has 0 saturated heterocycles. The molecular formula is C12H25NO. The summed E-state index contributed by atoms with van der Waals surface area (Å²) in [6, 6.07) is 0.255. The van der Waals surface area contributed by atoms with Gasteiger partial charge in [-0.15, -0.1) is 6.58 Å². The van der Waals surface area contributed by atoms with Crippen LogP contribution in [0.25, 0.3) is 0 Å². The van der Waals surface area contributed by atoms with E-state index in [4.69, 9.17) is 0 Å². The Morgan fingerprint density at radius 1 is 1.43 bits per heavy atom. The van der Waals surface area contributed by atoms with Crippen LogP contribution in [0.5, 0.6) is 0 Å². The van der Waals surface area contributed by atoms with E-state index >= 15 is 0 Å². The molecule has 0 heterocycles. The maximum absolute atomic E-state index is 11.1. The van der Waals surface area contributed by atoms with Crippen LogP contribution in [-0.2, 0) is 4.79 Å². The number of carbonyl (C=O) groups is 1. The molecule has 0 aliphatic carbocycles. The third-order valence-electron chi connectivity index (χ3n) is 2.37. The normalized spacial score (nSPS) is 13.3. The van der Waals surface area contributed by atoms with Crippen molar-refractivity contribution in [3.05, 3.63) is 12.7 Å². The Kier molecular flexibility index (Phi) is 9.84. The van der Waals surface area contributed by atoms with Gasteiger partial charge in [0.25, 0.3) is 0 Å². The highest BCUT2D eigenvalue weighted by Gasteiger charge is 2.18. The summed E-state index contributed by atoms with van der Waals surface area (Å²) in [7, 11) is 0. The summed E-state index contributed by atoms with van der Waals surface area (Å²) in [5.41, 5.74) is 0. The zero-order valence-corrected chi connectivity index (χ0v) is 10.5. The van der Waals surface area contributed by atoms with Gasteiger partial charge < -0.3 is 4.90 Å². The minimum atomic E-state index is 0.138. The van der Waals surface area contributed by atoms with Crippen molar-refractivity contribution >= 4 is 5.91 Å². The molecule has 2 unspecified atom stereocenters. The van der Waals surface area contributed by atoms with Crippen LogP contribution in [-0.4, -0.2) is 23.4 Å². The summed E-state index contributed by atoms with van der Waals surface area (Å²) in [6.45, 7) is 16.2. The summed E-state index contributed by atoms with van der Waals surface area (Å²) < 4.78 is 0. The van der Waals surface area contributed by atoms with E-state index in [0.29, 0.717) is 5.92 Å². The van der Waals surface area contributed by atoms with Crippen molar-refractivity contribution < 1.29 is 4.79 Å². The number of nitrogens with zero attached hydrogens (tertiary/aromatic N) is 1. The van der Waals surface area contributed by atoms with Crippen LogP contribution in [0, 0.1) is 5.92 Å². The zero-order valence-electron chi connectivity index (χ0n) is 10.5. The number of carbonyl (C=O) groups excluding carboxylic acids is 1. The summed E-state index contributed by atoms with van der Waals surface area (Å²) in [5, 5.41) is 0. The lowest BCUT2D eigenvalue weighted by Gasteiger charge is -2.30. The monoisotopic (exact) mass is 199 g/mol. The third kappa shape index (κ3) is 5.05. The highest BCUT2D eigenvalue weighted by molar-refractivity contribution is 5.73. The van der Waals surface area contributed by atoms with E-state index in [1.807, 2.05) is 31.7 Å². The molecule has 0 saturated carbocycles. The van der Waals surface area contributed by atoms with Crippen LogP contribution >= 0.6 is 0 Å². The SMILES string of the molecule is C=CC(C)C(C)N(CC)C(C)=O.CC. The van der Waals surface area contributed by atoms with E-state index in [1.165, 1.54) is 0 Å². The Balaban J connectivity index is 0. The molecule has 0 aliphatic heterocycles. The van der Waals surface area contributed by atoms with Gasteiger partial charge in [-0.05, 0) is 19.8 Å². The first-order chi connectivity index (χ1) is 6.54. The van der Waals surface area contributed by atoms with Gasteiger partial charge in [-0.25, -0.2) is 0 Å². The van der Waals surface area contributed by atoms with E-state index in [2.05, 4.69) is 20.4 Å². The van der Waals surface area contributed by atoms with Crippen LogP contribution < -0.4 is 0 Å². The van der Waals surface area contributed by atoms with E-state index in [9.17, 15) is 4.79 Å². The average molecular weight is 199 g/mol. The van der Waals surface area contributed by atoms with E-state index in [-0.39, 0.29) is 11.9 Å². The maximum Gasteiger partial charge on any atom is 0.219 e. The van der Waals surface area contributed by atoms with Gasteiger partial charge in [-0.1, -0.05) is 26.8 Å². The first kappa shape index (κ1) is 15.7. The van der Waals surface area contributed by atoms with Gasteiger partial charge in [-0.2, -0.15) is 0 Å². The van der Waals surface area contributed by atoms with Crippen molar-refractivity contribution in [2.24, 2.45) is 5.92 Å². The molecule has 0 radical (unpaired) electrons. The van der Waals surface area contributed by atoms with E-state index in [1.54, 1.807) is 6.92 Å². The minimum Gasteiger partial charge on any atom is -0.340 e. The quantitative estimate of drug-likeness (QED) is 0.637. The number of hydrogen-bond donors (Lipinski definition) is 0. The van der Waals surface area contributed by atoms with E-state index < -0.39 is 0 Å². The molecule has 0 aromatic heterocycles. The highest BCUT2D eigenvalue weighted by Crippen LogP contribution is 2.11. The molecule has 0 rings (SSSR count). The van der Waals surface area contributed by atoms with Crippen molar-refractivity contribution in [3.63, 3.8) is 0 Å². The Morgan fingerprint density at radius 3 is 2.07 bits per heavy atom. The molecule has 0 aromatic carbocycles. The Bertz CT molecular complexity index is 166. The fraction of sp³-hybridized carbons (Fsp3) is 0.750. The zero-order chi connectivity index (χ0) is 11.7. The standard InChI is InChI=1S/C10H19NO.C2H6/c1-6-8(3)9(4)11(7-2)10(5)12;1-2/h6,8-9H,1,7H2,2-5H3;1-2H3. The molecular weight excluding hydrogens is 174 g/mol. The maximum atomic E-state index is 11.1. The number of amides is 1. The largest absolute Gasteiger partial charge is 0.340 e. The molecule has 0 fully saturated rings. The Morgan fingerprint density at radius 2 is 1.86 bits per heavy atom. The first-order valence-corrected chi connectivity index (χ1v) is 5.44. The van der Waals surface area contributed by atoms with Crippen molar-refractivity contribution in [1.29, 1.82) is 0 Å². The molecule has 2 heteroatoms. The molecule has 0 bridgehead atoms. The van der Waals surface area contributed by atoms with Crippen LogP contribution in [0.2, 0.25) is 0 Å². The molecule has 14 heavy (non-hydrogen) atoms. The third-order valence-corrected chi connectivity index (χ3v) is 2.37. The van der Waals surface area contributed by atoms with E-state index in [0.717, 1.165) is 6.54 Å². The molecule has 0 spiro atoms. The fourth-order valence-corrected chi connectivity index (χ4v) is 1.28. The second-order valence-electron chi connectivity index (χ2n) is 3.14. The molecule has 1 amide bonds. The lowest BCUT2D eigenvalue weighted by Crippen LogP contribution is -2.40. The molecule has 0 N–H and O–H groups in total. The van der Waals surface area contributed by atoms with Crippen molar-refractivity contribution in [1.82, 2.24) is 4.90 Å².